The van der Waals surface area contributed by atoms with E-state index in [4.69, 9.17) is 29.2 Å². The SMILES string of the molecule is COCCOCCOCCOCC[N+](CCCS(=O)(=O)O)=c1ccc2c(/C=C/C=C3\N(CCCCCC(=O)NN)c4ccc(S(=O)(=O)O)cc4C3(C)CCCS(=O)(=O)O)cc(C(C)(C)C)oc-2c1.[Na+]. The Bertz CT molecular complexity index is 2600. The predicted octanol–water partition coefficient (Wildman–Crippen LogP) is 1.57. The molecule has 4 rings (SSSR count). The van der Waals surface area contributed by atoms with Crippen LogP contribution in [0.2, 0.25) is 0 Å². The summed E-state index contributed by atoms with van der Waals surface area (Å²) >= 11 is 0. The van der Waals surface area contributed by atoms with Crippen molar-refractivity contribution >= 4 is 48.0 Å². The standard InChI is InChI=1S/C46H68N4O15S3.Na/c1-45(2,3)43-32-35(38-17-15-36(33-41(38)65-43)49(20-11-31-67(55,56)57)22-23-62-26-27-64-29-28-63-25-24-61-5)12-9-13-42-46(4,19-10-30-66(52,53)54)39-34-37(68(58,59)60)16-18-40(39)50(42)21-8-6-7-14-44(51)48-47;/h9,12-13,15-18,32-34H,6-8,10-11,14,19-31,47H2,1-5H3,(H3-,48,51,52,53,54,55,56,57,58,59,60);/q;+1/p+1. The number of carbonyl (C=O) groups excluding carboxylic acids is 1. The van der Waals surface area contributed by atoms with Crippen LogP contribution in [0.3, 0.4) is 0 Å². The average molecular weight is 1040 g/mol. The second-order valence-corrected chi connectivity index (χ2v) is 22.3. The molecule has 6 N–H and O–H groups in total. The second kappa shape index (κ2) is 27.7. The molecule has 1 aromatic rings. The Morgan fingerprint density at radius 2 is 1.46 bits per heavy atom. The van der Waals surface area contributed by atoms with E-state index in [1.165, 1.54) is 12.1 Å². The summed E-state index contributed by atoms with van der Waals surface area (Å²) < 4.78 is 131. The van der Waals surface area contributed by atoms with Crippen molar-refractivity contribution in [1.82, 2.24) is 10.0 Å². The Morgan fingerprint density at radius 1 is 0.826 bits per heavy atom. The van der Waals surface area contributed by atoms with Crippen LogP contribution in [0.4, 0.5) is 5.69 Å². The number of methoxy groups -OCH3 is 1. The number of hydrogen-bond donors (Lipinski definition) is 5. The maximum atomic E-state index is 12.4. The number of amides is 1. The predicted molar refractivity (Wildman–Crippen MR) is 259 cm³/mol. The molecule has 69 heavy (non-hydrogen) atoms. The van der Waals surface area contributed by atoms with Gasteiger partial charge in [0.05, 0.1) is 62.1 Å². The third-order valence-electron chi connectivity index (χ3n) is 11.5. The van der Waals surface area contributed by atoms with Crippen molar-refractivity contribution in [3.8, 4) is 11.3 Å². The number of allylic oxidation sites excluding steroid dienone is 3. The fourth-order valence-electron chi connectivity index (χ4n) is 7.92. The van der Waals surface area contributed by atoms with Crippen molar-refractivity contribution < 1.29 is 96.6 Å². The molecule has 2 aliphatic heterocycles. The Kier molecular flexibility index (Phi) is 24.2. The summed E-state index contributed by atoms with van der Waals surface area (Å²) in [6, 6.07) is 12.0. The van der Waals surface area contributed by atoms with Crippen molar-refractivity contribution in [3.63, 3.8) is 0 Å². The van der Waals surface area contributed by atoms with Gasteiger partial charge in [-0.1, -0.05) is 39.3 Å². The summed E-state index contributed by atoms with van der Waals surface area (Å²) in [6.07, 6.45) is 8.14. The van der Waals surface area contributed by atoms with E-state index in [9.17, 15) is 43.7 Å². The van der Waals surface area contributed by atoms with Crippen LogP contribution in [0.1, 0.15) is 89.5 Å². The summed E-state index contributed by atoms with van der Waals surface area (Å²) in [5.41, 5.74) is 4.20. The van der Waals surface area contributed by atoms with Gasteiger partial charge in [0.15, 0.2) is 6.54 Å². The average Bonchev–Trinajstić information content (AvgIpc) is 3.48. The first-order valence-electron chi connectivity index (χ1n) is 22.5. The van der Waals surface area contributed by atoms with E-state index in [-0.39, 0.29) is 66.0 Å². The molecule has 23 heteroatoms. The molecule has 0 fully saturated rings. The number of unbranched alkanes of at least 4 members (excludes halogenated alkanes) is 2. The van der Waals surface area contributed by atoms with Crippen molar-refractivity contribution in [2.24, 2.45) is 5.84 Å². The van der Waals surface area contributed by atoms with Crippen molar-refractivity contribution in [1.29, 1.82) is 0 Å². The molecule has 0 radical (unpaired) electrons. The van der Waals surface area contributed by atoms with Crippen LogP contribution in [0.25, 0.3) is 17.4 Å². The van der Waals surface area contributed by atoms with E-state index < -0.39 is 52.7 Å². The first-order valence-corrected chi connectivity index (χ1v) is 27.2. The molecule has 1 aromatic carbocycles. The van der Waals surface area contributed by atoms with E-state index in [0.717, 1.165) is 22.2 Å². The number of ether oxygens (including phenoxy) is 4. The number of nitrogens with zero attached hydrogens (tertiary/aromatic N) is 2. The number of rotatable bonds is 29. The third kappa shape index (κ3) is 19.5. The topological polar surface area (TPSA) is 275 Å². The van der Waals surface area contributed by atoms with Crippen molar-refractivity contribution in [2.45, 2.75) is 88.4 Å². The Labute approximate surface area is 429 Å². The van der Waals surface area contributed by atoms with Crippen molar-refractivity contribution in [3.05, 3.63) is 82.6 Å². The van der Waals surface area contributed by atoms with E-state index in [2.05, 4.69) is 5.43 Å². The Balaban J connectivity index is 0.0000126. The first kappa shape index (κ1) is 60.2. The van der Waals surface area contributed by atoms with Crippen LogP contribution in [-0.4, -0.2) is 129 Å². The molecule has 1 unspecified atom stereocenters. The summed E-state index contributed by atoms with van der Waals surface area (Å²) in [6.45, 7) is 11.9. The molecule has 0 spiro atoms. The molecule has 1 aliphatic carbocycles. The zero-order valence-corrected chi connectivity index (χ0v) is 45.1. The van der Waals surface area contributed by atoms with Gasteiger partial charge in [-0.3, -0.25) is 23.9 Å². The van der Waals surface area contributed by atoms with E-state index in [1.807, 2.05) is 79.7 Å². The van der Waals surface area contributed by atoms with Gasteiger partial charge in [0, 0.05) is 60.3 Å². The van der Waals surface area contributed by atoms with Gasteiger partial charge in [0.25, 0.3) is 30.4 Å². The van der Waals surface area contributed by atoms with Crippen LogP contribution >= 0.6 is 0 Å². The van der Waals surface area contributed by atoms with E-state index in [1.54, 1.807) is 13.2 Å². The Hall–Kier alpha value is -3.07. The maximum Gasteiger partial charge on any atom is 1.00 e. The molecule has 0 saturated heterocycles. The number of benzene rings is 2. The largest absolute Gasteiger partial charge is 1.00 e. The van der Waals surface area contributed by atoms with Crippen LogP contribution < -0.4 is 55.7 Å². The van der Waals surface area contributed by atoms with Gasteiger partial charge in [0.1, 0.15) is 24.7 Å². The van der Waals surface area contributed by atoms with Crippen LogP contribution in [0.15, 0.2) is 69.6 Å². The van der Waals surface area contributed by atoms with Crippen LogP contribution in [-0.2, 0) is 64.9 Å². The minimum absolute atomic E-state index is 0. The maximum absolute atomic E-state index is 12.4. The van der Waals surface area contributed by atoms with E-state index in [0.29, 0.717) is 108 Å². The molecular weight excluding hydrogens is 968 g/mol. The number of hydrazine groups is 1. The molecule has 380 valence electrons. The van der Waals surface area contributed by atoms with Crippen LogP contribution in [0.5, 0.6) is 0 Å². The molecule has 0 bridgehead atoms. The zero-order chi connectivity index (χ0) is 50.2. The van der Waals surface area contributed by atoms with Gasteiger partial charge in [-0.15, -0.1) is 0 Å². The van der Waals surface area contributed by atoms with Gasteiger partial charge in [0.2, 0.25) is 11.3 Å². The number of hydrogen-bond acceptors (Lipinski definition) is 14. The van der Waals surface area contributed by atoms with E-state index >= 15 is 0 Å². The Morgan fingerprint density at radius 3 is 2.07 bits per heavy atom. The number of nitrogens with two attached hydrogens (primary N) is 1. The number of anilines is 1. The monoisotopic (exact) mass is 1040 g/mol. The summed E-state index contributed by atoms with van der Waals surface area (Å²) in [5, 5.41) is 0.737. The normalized spacial score (nSPS) is 16.6. The number of carbonyl (C=O) groups is 1. The van der Waals surface area contributed by atoms with Gasteiger partial charge in [-0.05, 0) is 80.1 Å². The van der Waals surface area contributed by atoms with Gasteiger partial charge in [-0.25, -0.2) is 10.4 Å². The first-order chi connectivity index (χ1) is 32.0. The van der Waals surface area contributed by atoms with Gasteiger partial charge >= 0.3 is 29.6 Å². The number of nitrogens with one attached hydrogen (secondary N) is 1. The van der Waals surface area contributed by atoms with Crippen LogP contribution in [0, 0.1) is 0 Å². The fraction of sp³-hybridized carbons (Fsp3) is 0.565. The molecule has 1 amide bonds. The van der Waals surface area contributed by atoms with Gasteiger partial charge < -0.3 is 28.3 Å². The second-order valence-electron chi connectivity index (χ2n) is 17.8. The minimum Gasteiger partial charge on any atom is -0.460 e. The summed E-state index contributed by atoms with van der Waals surface area (Å²) in [5.74, 6) is 5.26. The smallest absolute Gasteiger partial charge is 0.460 e. The fourth-order valence-corrected chi connectivity index (χ4v) is 9.43. The minimum atomic E-state index is -4.61. The van der Waals surface area contributed by atoms with Gasteiger partial charge in [-0.2, -0.15) is 25.3 Å². The molecule has 3 aliphatic rings. The molecule has 0 aromatic heterocycles. The number of fused-ring (bicyclic) bond motifs is 2. The summed E-state index contributed by atoms with van der Waals surface area (Å²) in [4.78, 5) is 13.5. The molecule has 0 saturated carbocycles. The summed E-state index contributed by atoms with van der Waals surface area (Å²) in [7, 11) is -11.5. The molecule has 2 heterocycles. The molecular formula is C46H69N4NaO15S3+2. The molecule has 19 nitrogen and oxygen atoms in total. The molecule has 1 atom stereocenters. The van der Waals surface area contributed by atoms with Crippen molar-refractivity contribution in [2.75, 3.05) is 89.4 Å². The zero-order valence-electron chi connectivity index (χ0n) is 40.6. The third-order valence-corrected chi connectivity index (χ3v) is 13.9. The quantitative estimate of drug-likeness (QED) is 0.0126.